The van der Waals surface area contributed by atoms with E-state index in [1.807, 2.05) is 44.2 Å². The quantitative estimate of drug-likeness (QED) is 0.165. The van der Waals surface area contributed by atoms with E-state index in [4.69, 9.17) is 23.9 Å². The zero-order chi connectivity index (χ0) is 28.7. The average molecular weight is 559 g/mol. The van der Waals surface area contributed by atoms with Crippen molar-refractivity contribution in [3.05, 3.63) is 115 Å². The molecule has 0 spiro atoms. The standard InChI is InChI=1S/C35H34N4O3/c1-3-40-29-18-17-25(22-30(29)41-4-2)19-20-36-34-32-31(26-12-7-5-8-13-26)33(27-14-9-6-10-15-27)39(35(32)38-24-37-34)23-28-16-11-21-42-28/h5-18,21-22,24H,3-4,19-20,23H2,1-2H3,(H,36,37,38). The number of rotatable bonds is 12. The maximum absolute atomic E-state index is 5.84. The van der Waals surface area contributed by atoms with Crippen molar-refractivity contribution in [1.82, 2.24) is 14.5 Å². The number of hydrogen-bond acceptors (Lipinski definition) is 6. The van der Waals surface area contributed by atoms with Crippen LogP contribution in [0.25, 0.3) is 33.4 Å². The summed E-state index contributed by atoms with van der Waals surface area (Å²) in [6.07, 6.45) is 4.13. The Balaban J connectivity index is 1.43. The molecule has 6 aromatic rings. The Morgan fingerprint density at radius 1 is 0.786 bits per heavy atom. The van der Waals surface area contributed by atoms with Crippen LogP contribution >= 0.6 is 0 Å². The zero-order valence-electron chi connectivity index (χ0n) is 23.9. The molecule has 0 aliphatic rings. The van der Waals surface area contributed by atoms with Gasteiger partial charge in [-0.2, -0.15) is 0 Å². The van der Waals surface area contributed by atoms with Crippen molar-refractivity contribution in [1.29, 1.82) is 0 Å². The van der Waals surface area contributed by atoms with Crippen molar-refractivity contribution in [3.8, 4) is 33.9 Å². The maximum atomic E-state index is 5.84. The Morgan fingerprint density at radius 2 is 1.52 bits per heavy atom. The molecule has 3 aromatic heterocycles. The molecule has 3 heterocycles. The third-order valence-corrected chi connectivity index (χ3v) is 7.16. The molecule has 6 rings (SSSR count). The Labute approximate surface area is 245 Å². The minimum Gasteiger partial charge on any atom is -0.490 e. The first kappa shape index (κ1) is 27.1. The van der Waals surface area contributed by atoms with Crippen molar-refractivity contribution in [3.63, 3.8) is 0 Å². The normalized spacial score (nSPS) is 11.1. The number of anilines is 1. The lowest BCUT2D eigenvalue weighted by atomic mass is 9.99. The SMILES string of the molecule is CCOc1ccc(CCNc2ncnc3c2c(-c2ccccc2)c(-c2ccccc2)n3Cc2ccco2)cc1OCC. The Kier molecular flexibility index (Phi) is 8.17. The molecule has 0 aliphatic carbocycles. The highest BCUT2D eigenvalue weighted by Gasteiger charge is 2.24. The van der Waals surface area contributed by atoms with Gasteiger partial charge in [-0.25, -0.2) is 9.97 Å². The molecule has 0 bridgehead atoms. The fraction of sp³-hybridized carbons (Fsp3) is 0.200. The van der Waals surface area contributed by atoms with E-state index in [1.165, 1.54) is 0 Å². The molecule has 0 fully saturated rings. The van der Waals surface area contributed by atoms with Crippen LogP contribution in [0.3, 0.4) is 0 Å². The van der Waals surface area contributed by atoms with Gasteiger partial charge >= 0.3 is 0 Å². The molecule has 0 atom stereocenters. The third kappa shape index (κ3) is 5.59. The Hall–Kier alpha value is -5.04. The second-order valence-electron chi connectivity index (χ2n) is 9.87. The molecule has 0 saturated carbocycles. The van der Waals surface area contributed by atoms with E-state index in [1.54, 1.807) is 12.6 Å². The van der Waals surface area contributed by atoms with Crippen LogP contribution in [0.4, 0.5) is 5.82 Å². The summed E-state index contributed by atoms with van der Waals surface area (Å²) in [6.45, 7) is 6.37. The smallest absolute Gasteiger partial charge is 0.161 e. The van der Waals surface area contributed by atoms with Crippen molar-refractivity contribution in [2.45, 2.75) is 26.8 Å². The molecule has 1 N–H and O–H groups in total. The summed E-state index contributed by atoms with van der Waals surface area (Å²) in [5.41, 5.74) is 6.37. The van der Waals surface area contributed by atoms with Crippen molar-refractivity contribution in [2.75, 3.05) is 25.1 Å². The van der Waals surface area contributed by atoms with E-state index in [2.05, 4.69) is 70.5 Å². The molecule has 0 amide bonds. The summed E-state index contributed by atoms with van der Waals surface area (Å²) < 4.78 is 19.6. The van der Waals surface area contributed by atoms with E-state index in [0.717, 1.165) is 68.5 Å². The van der Waals surface area contributed by atoms with Crippen LogP contribution in [-0.2, 0) is 13.0 Å². The molecule has 0 radical (unpaired) electrons. The zero-order valence-corrected chi connectivity index (χ0v) is 23.9. The van der Waals surface area contributed by atoms with Crippen LogP contribution in [-0.4, -0.2) is 34.3 Å². The summed E-state index contributed by atoms with van der Waals surface area (Å²) in [4.78, 5) is 9.57. The largest absolute Gasteiger partial charge is 0.490 e. The number of ether oxygens (including phenoxy) is 2. The van der Waals surface area contributed by atoms with Crippen LogP contribution < -0.4 is 14.8 Å². The molecule has 212 valence electrons. The van der Waals surface area contributed by atoms with E-state index in [9.17, 15) is 0 Å². The first-order chi connectivity index (χ1) is 20.8. The summed E-state index contributed by atoms with van der Waals surface area (Å²) in [6, 6.07) is 31.0. The summed E-state index contributed by atoms with van der Waals surface area (Å²) in [5.74, 6) is 3.20. The van der Waals surface area contributed by atoms with Gasteiger partial charge in [-0.05, 0) is 61.2 Å². The van der Waals surface area contributed by atoms with Crippen LogP contribution in [0.5, 0.6) is 11.5 Å². The first-order valence-corrected chi connectivity index (χ1v) is 14.4. The highest BCUT2D eigenvalue weighted by molar-refractivity contribution is 6.08. The van der Waals surface area contributed by atoms with Gasteiger partial charge < -0.3 is 23.8 Å². The molecular weight excluding hydrogens is 524 g/mol. The minimum absolute atomic E-state index is 0.545. The summed E-state index contributed by atoms with van der Waals surface area (Å²) in [7, 11) is 0. The summed E-state index contributed by atoms with van der Waals surface area (Å²) in [5, 5.41) is 4.61. The van der Waals surface area contributed by atoms with Gasteiger partial charge in [-0.15, -0.1) is 0 Å². The fourth-order valence-electron chi connectivity index (χ4n) is 5.38. The number of nitrogens with zero attached hydrogens (tertiary/aromatic N) is 3. The van der Waals surface area contributed by atoms with Gasteiger partial charge in [0.2, 0.25) is 0 Å². The van der Waals surface area contributed by atoms with E-state index in [0.29, 0.717) is 26.3 Å². The molecule has 7 nitrogen and oxygen atoms in total. The van der Waals surface area contributed by atoms with Gasteiger partial charge in [0.1, 0.15) is 23.6 Å². The number of nitrogens with one attached hydrogen (secondary N) is 1. The third-order valence-electron chi connectivity index (χ3n) is 7.16. The van der Waals surface area contributed by atoms with Gasteiger partial charge in [0.25, 0.3) is 0 Å². The summed E-state index contributed by atoms with van der Waals surface area (Å²) >= 11 is 0. The lowest BCUT2D eigenvalue weighted by Gasteiger charge is -2.13. The highest BCUT2D eigenvalue weighted by atomic mass is 16.5. The number of furan rings is 1. The molecule has 3 aromatic carbocycles. The van der Waals surface area contributed by atoms with Crippen molar-refractivity contribution < 1.29 is 13.9 Å². The number of hydrogen-bond donors (Lipinski definition) is 1. The van der Waals surface area contributed by atoms with Gasteiger partial charge in [0.15, 0.2) is 11.5 Å². The minimum atomic E-state index is 0.545. The molecule has 7 heteroatoms. The van der Waals surface area contributed by atoms with E-state index in [-0.39, 0.29) is 0 Å². The second-order valence-corrected chi connectivity index (χ2v) is 9.87. The molecule has 42 heavy (non-hydrogen) atoms. The molecule has 0 unspecified atom stereocenters. The van der Waals surface area contributed by atoms with E-state index >= 15 is 0 Å². The van der Waals surface area contributed by atoms with Crippen LogP contribution in [0.1, 0.15) is 25.2 Å². The molecule has 0 saturated heterocycles. The second kappa shape index (κ2) is 12.6. The monoisotopic (exact) mass is 558 g/mol. The fourth-order valence-corrected chi connectivity index (χ4v) is 5.38. The number of aromatic nitrogens is 3. The Morgan fingerprint density at radius 3 is 2.24 bits per heavy atom. The van der Waals surface area contributed by atoms with Crippen molar-refractivity contribution >= 4 is 16.9 Å². The first-order valence-electron chi connectivity index (χ1n) is 14.4. The van der Waals surface area contributed by atoms with Crippen LogP contribution in [0, 0.1) is 0 Å². The predicted molar refractivity (Wildman–Crippen MR) is 167 cm³/mol. The number of fused-ring (bicyclic) bond motifs is 1. The number of benzene rings is 3. The molecular formula is C35H34N4O3. The predicted octanol–water partition coefficient (Wildman–Crippen LogP) is 7.86. The van der Waals surface area contributed by atoms with Gasteiger partial charge in [-0.1, -0.05) is 66.7 Å². The Bertz CT molecular complexity index is 1750. The maximum Gasteiger partial charge on any atom is 0.161 e. The lowest BCUT2D eigenvalue weighted by Crippen LogP contribution is -2.08. The van der Waals surface area contributed by atoms with Crippen LogP contribution in [0.2, 0.25) is 0 Å². The van der Waals surface area contributed by atoms with Gasteiger partial charge in [0, 0.05) is 12.1 Å². The van der Waals surface area contributed by atoms with E-state index < -0.39 is 0 Å². The average Bonchev–Trinajstić information content (AvgIpc) is 3.66. The van der Waals surface area contributed by atoms with Gasteiger partial charge in [-0.3, -0.25) is 0 Å². The highest BCUT2D eigenvalue weighted by Crippen LogP contribution is 2.43. The van der Waals surface area contributed by atoms with Crippen molar-refractivity contribution in [2.24, 2.45) is 0 Å². The molecule has 0 aliphatic heterocycles. The van der Waals surface area contributed by atoms with Gasteiger partial charge in [0.05, 0.1) is 37.1 Å². The van der Waals surface area contributed by atoms with Crippen LogP contribution in [0.15, 0.2) is 108 Å². The lowest BCUT2D eigenvalue weighted by molar-refractivity contribution is 0.287. The topological polar surface area (TPSA) is 74.3 Å².